The second-order valence-corrected chi connectivity index (χ2v) is 5.06. The van der Waals surface area contributed by atoms with Gasteiger partial charge in [0.2, 0.25) is 0 Å². The van der Waals surface area contributed by atoms with Crippen LogP contribution in [0.4, 0.5) is 8.78 Å². The molecule has 20 heavy (non-hydrogen) atoms. The Morgan fingerprint density at radius 1 is 1.20 bits per heavy atom. The van der Waals surface area contributed by atoms with E-state index in [4.69, 9.17) is 17.4 Å². The van der Waals surface area contributed by atoms with Crippen LogP contribution in [0.25, 0.3) is 0 Å². The van der Waals surface area contributed by atoms with Crippen molar-refractivity contribution in [1.29, 1.82) is 0 Å². The number of benzene rings is 2. The zero-order valence-corrected chi connectivity index (χ0v) is 11.7. The molecule has 2 aromatic carbocycles. The summed E-state index contributed by atoms with van der Waals surface area (Å²) in [5.74, 6) is 4.39. The Balaban J connectivity index is 2.34. The van der Waals surface area contributed by atoms with Crippen LogP contribution in [0.5, 0.6) is 0 Å². The molecule has 3 N–H and O–H groups in total. The molecule has 5 heteroatoms. The van der Waals surface area contributed by atoms with Crippen molar-refractivity contribution >= 4 is 11.6 Å². The summed E-state index contributed by atoms with van der Waals surface area (Å²) in [5, 5.41) is 0.610. The lowest BCUT2D eigenvalue weighted by Gasteiger charge is -2.19. The maximum atomic E-state index is 13.7. The van der Waals surface area contributed by atoms with E-state index in [-0.39, 0.29) is 12.0 Å². The summed E-state index contributed by atoms with van der Waals surface area (Å²) in [7, 11) is 0. The van der Waals surface area contributed by atoms with Gasteiger partial charge in [-0.2, -0.15) is 0 Å². The van der Waals surface area contributed by atoms with Crippen molar-refractivity contribution in [1.82, 2.24) is 5.43 Å². The first-order valence-corrected chi connectivity index (χ1v) is 6.55. The van der Waals surface area contributed by atoms with Crippen molar-refractivity contribution in [2.24, 2.45) is 5.84 Å². The van der Waals surface area contributed by atoms with Crippen LogP contribution in [0.2, 0.25) is 5.02 Å². The summed E-state index contributed by atoms with van der Waals surface area (Å²) < 4.78 is 27.4. The highest BCUT2D eigenvalue weighted by atomic mass is 35.5. The lowest BCUT2D eigenvalue weighted by molar-refractivity contribution is 0.498. The van der Waals surface area contributed by atoms with E-state index >= 15 is 0 Å². The maximum Gasteiger partial charge on any atom is 0.129 e. The normalized spacial score (nSPS) is 12.4. The third-order valence-electron chi connectivity index (χ3n) is 3.28. The quantitative estimate of drug-likeness (QED) is 0.667. The highest BCUT2D eigenvalue weighted by molar-refractivity contribution is 6.30. The second-order valence-electron chi connectivity index (χ2n) is 4.62. The topological polar surface area (TPSA) is 38.0 Å². The first kappa shape index (κ1) is 14.9. The first-order valence-electron chi connectivity index (χ1n) is 6.18. The summed E-state index contributed by atoms with van der Waals surface area (Å²) in [4.78, 5) is 0. The molecule has 0 saturated carbocycles. The molecule has 0 aliphatic carbocycles. The lowest BCUT2D eigenvalue weighted by Crippen LogP contribution is -2.30. The maximum absolute atomic E-state index is 13.7. The minimum absolute atomic E-state index is 0.0183. The van der Waals surface area contributed by atoms with E-state index in [0.29, 0.717) is 5.02 Å². The average Bonchev–Trinajstić information content (AvgIpc) is 2.40. The van der Waals surface area contributed by atoms with Crippen LogP contribution in [0.1, 0.15) is 22.7 Å². The first-order chi connectivity index (χ1) is 9.52. The van der Waals surface area contributed by atoms with E-state index < -0.39 is 17.7 Å². The van der Waals surface area contributed by atoms with Crippen molar-refractivity contribution < 1.29 is 8.78 Å². The molecule has 0 aromatic heterocycles. The number of rotatable bonds is 4. The van der Waals surface area contributed by atoms with Gasteiger partial charge in [-0.25, -0.2) is 8.78 Å². The predicted molar refractivity (Wildman–Crippen MR) is 76.3 cm³/mol. The zero-order valence-electron chi connectivity index (χ0n) is 11.0. The van der Waals surface area contributed by atoms with Crippen molar-refractivity contribution in [2.45, 2.75) is 19.4 Å². The molecule has 2 aromatic rings. The number of hydrogen-bond donors (Lipinski definition) is 2. The van der Waals surface area contributed by atoms with Gasteiger partial charge in [0.05, 0.1) is 6.04 Å². The molecular weight excluding hydrogens is 282 g/mol. The number of aryl methyl sites for hydroxylation is 1. The monoisotopic (exact) mass is 296 g/mol. The molecule has 0 amide bonds. The standard InChI is InChI=1S/C15H15ClF2N2/c1-9-7-10(16)5-6-11(9)15(20-19)8-12-13(17)3-2-4-14(12)18/h2-7,15,20H,8,19H2,1H3. The van der Waals surface area contributed by atoms with Gasteiger partial charge in [-0.3, -0.25) is 11.3 Å². The molecule has 0 bridgehead atoms. The van der Waals surface area contributed by atoms with Gasteiger partial charge >= 0.3 is 0 Å². The summed E-state index contributed by atoms with van der Waals surface area (Å²) in [6.45, 7) is 1.88. The molecule has 2 nitrogen and oxygen atoms in total. The van der Waals surface area contributed by atoms with E-state index in [1.165, 1.54) is 18.2 Å². The van der Waals surface area contributed by atoms with E-state index in [9.17, 15) is 8.78 Å². The van der Waals surface area contributed by atoms with E-state index in [1.54, 1.807) is 18.2 Å². The third kappa shape index (κ3) is 3.15. The van der Waals surface area contributed by atoms with Gasteiger partial charge in [0.1, 0.15) is 11.6 Å². The Morgan fingerprint density at radius 2 is 1.85 bits per heavy atom. The molecule has 0 saturated heterocycles. The molecule has 0 spiro atoms. The van der Waals surface area contributed by atoms with Gasteiger partial charge in [0.15, 0.2) is 0 Å². The zero-order chi connectivity index (χ0) is 14.7. The van der Waals surface area contributed by atoms with Crippen molar-refractivity contribution in [3.8, 4) is 0 Å². The van der Waals surface area contributed by atoms with Gasteiger partial charge in [0, 0.05) is 10.6 Å². The van der Waals surface area contributed by atoms with Crippen LogP contribution >= 0.6 is 11.6 Å². The van der Waals surface area contributed by atoms with E-state index in [1.807, 2.05) is 6.92 Å². The molecule has 0 aliphatic heterocycles. The van der Waals surface area contributed by atoms with Crippen LogP contribution in [0.15, 0.2) is 36.4 Å². The van der Waals surface area contributed by atoms with E-state index in [2.05, 4.69) is 5.43 Å². The Bertz CT molecular complexity index is 597. The molecule has 1 unspecified atom stereocenters. The number of hydrogen-bond acceptors (Lipinski definition) is 2. The van der Waals surface area contributed by atoms with Crippen LogP contribution in [-0.4, -0.2) is 0 Å². The average molecular weight is 297 g/mol. The minimum atomic E-state index is -0.572. The Hall–Kier alpha value is -1.49. The van der Waals surface area contributed by atoms with Crippen molar-refractivity contribution in [3.63, 3.8) is 0 Å². The van der Waals surface area contributed by atoms with Crippen molar-refractivity contribution in [2.75, 3.05) is 0 Å². The summed E-state index contributed by atoms with van der Waals surface area (Å²) in [6, 6.07) is 8.75. The molecule has 0 radical (unpaired) electrons. The molecule has 1 atom stereocenters. The SMILES string of the molecule is Cc1cc(Cl)ccc1C(Cc1c(F)cccc1F)NN. The van der Waals surface area contributed by atoms with Crippen molar-refractivity contribution in [3.05, 3.63) is 69.7 Å². The van der Waals surface area contributed by atoms with Gasteiger partial charge in [0.25, 0.3) is 0 Å². The number of hydrazine groups is 1. The fourth-order valence-electron chi connectivity index (χ4n) is 2.22. The van der Waals surface area contributed by atoms with Gasteiger partial charge in [-0.15, -0.1) is 0 Å². The predicted octanol–water partition coefficient (Wildman–Crippen LogP) is 3.67. The Morgan fingerprint density at radius 3 is 2.40 bits per heavy atom. The van der Waals surface area contributed by atoms with Gasteiger partial charge in [-0.1, -0.05) is 23.7 Å². The Labute approximate surface area is 121 Å². The highest BCUT2D eigenvalue weighted by Gasteiger charge is 2.18. The Kier molecular flexibility index (Phi) is 4.70. The molecule has 0 heterocycles. The van der Waals surface area contributed by atoms with Crippen LogP contribution in [0.3, 0.4) is 0 Å². The number of nitrogens with one attached hydrogen (secondary N) is 1. The second kappa shape index (κ2) is 6.31. The molecule has 106 valence electrons. The van der Waals surface area contributed by atoms with Gasteiger partial charge in [-0.05, 0) is 48.7 Å². The van der Waals surface area contributed by atoms with Crippen LogP contribution in [-0.2, 0) is 6.42 Å². The molecule has 2 rings (SSSR count). The van der Waals surface area contributed by atoms with E-state index in [0.717, 1.165) is 11.1 Å². The molecular formula is C15H15ClF2N2. The number of nitrogens with two attached hydrogens (primary N) is 1. The van der Waals surface area contributed by atoms with Gasteiger partial charge < -0.3 is 0 Å². The largest absolute Gasteiger partial charge is 0.271 e. The van der Waals surface area contributed by atoms with Crippen LogP contribution in [0, 0.1) is 18.6 Å². The third-order valence-corrected chi connectivity index (χ3v) is 3.51. The number of halogens is 3. The molecule has 0 fully saturated rings. The summed E-state index contributed by atoms with van der Waals surface area (Å²) in [5.41, 5.74) is 4.40. The summed E-state index contributed by atoms with van der Waals surface area (Å²) >= 11 is 5.90. The van der Waals surface area contributed by atoms with Crippen LogP contribution < -0.4 is 11.3 Å². The minimum Gasteiger partial charge on any atom is -0.271 e. The summed E-state index contributed by atoms with van der Waals surface area (Å²) in [6.07, 6.45) is 0.122. The fourth-order valence-corrected chi connectivity index (χ4v) is 2.45. The molecule has 0 aliphatic rings. The lowest BCUT2D eigenvalue weighted by atomic mass is 9.95. The highest BCUT2D eigenvalue weighted by Crippen LogP contribution is 2.25. The fraction of sp³-hybridized carbons (Fsp3) is 0.200. The smallest absolute Gasteiger partial charge is 0.129 e.